The lowest BCUT2D eigenvalue weighted by Gasteiger charge is -2.12. The summed E-state index contributed by atoms with van der Waals surface area (Å²) >= 11 is 0. The molecule has 0 atom stereocenters. The fourth-order valence-corrected chi connectivity index (χ4v) is 4.29. The second-order valence-corrected chi connectivity index (χ2v) is 10.7. The molecule has 0 aliphatic heterocycles. The van der Waals surface area contributed by atoms with Crippen LogP contribution in [-0.4, -0.2) is 106 Å². The van der Waals surface area contributed by atoms with Gasteiger partial charge in [-0.05, 0) is 60.7 Å². The van der Waals surface area contributed by atoms with Crippen molar-refractivity contribution in [3.63, 3.8) is 0 Å². The molecule has 2 amide bonds. The zero-order chi connectivity index (χ0) is 37.9. The average molecular weight is 736 g/mol. The Morgan fingerprint density at radius 2 is 1.00 bits per heavy atom. The van der Waals surface area contributed by atoms with E-state index >= 15 is 0 Å². The number of hydrogen-bond donors (Lipinski definition) is 6. The molecule has 3 aromatic carbocycles. The number of hydrogen-bond acceptors (Lipinski definition) is 13. The Hall–Kier alpha value is -5.26. The van der Waals surface area contributed by atoms with Gasteiger partial charge in [-0.3, -0.25) is 9.59 Å². The third-order valence-corrected chi connectivity index (χ3v) is 6.77. The quantitative estimate of drug-likeness (QED) is 0.0563. The van der Waals surface area contributed by atoms with E-state index in [0.717, 1.165) is 0 Å². The second-order valence-electron chi connectivity index (χ2n) is 10.7. The molecule has 0 aliphatic carbocycles. The topological polar surface area (TPSA) is 196 Å². The van der Waals surface area contributed by atoms with Gasteiger partial charge in [0.15, 0.2) is 0 Å². The van der Waals surface area contributed by atoms with Gasteiger partial charge in [0, 0.05) is 48.7 Å². The molecule has 0 radical (unpaired) electrons. The molecule has 0 spiro atoms. The highest BCUT2D eigenvalue weighted by Gasteiger charge is 2.10. The van der Waals surface area contributed by atoms with E-state index in [-0.39, 0.29) is 35.5 Å². The van der Waals surface area contributed by atoms with E-state index in [1.807, 2.05) is 32.0 Å². The maximum atomic E-state index is 13.4. The number of nitrogens with one attached hydrogen (secondary N) is 5. The van der Waals surface area contributed by atoms with Gasteiger partial charge in [-0.25, -0.2) is 4.39 Å². The first-order valence-electron chi connectivity index (χ1n) is 17.5. The van der Waals surface area contributed by atoms with Crippen LogP contribution in [0.3, 0.4) is 0 Å². The molecule has 53 heavy (non-hydrogen) atoms. The smallest absolute Gasteiger partial charge is 0.251 e. The molecular formula is C37H50FN9O6. The van der Waals surface area contributed by atoms with Crippen LogP contribution < -0.4 is 32.3 Å². The Balaban J connectivity index is 0.00000372. The van der Waals surface area contributed by atoms with Gasteiger partial charge in [0.25, 0.3) is 11.8 Å². The second kappa shape index (κ2) is 25.7. The van der Waals surface area contributed by atoms with Crippen molar-refractivity contribution < 1.29 is 32.9 Å². The minimum atomic E-state index is -0.365. The maximum absolute atomic E-state index is 13.4. The van der Waals surface area contributed by atoms with E-state index in [9.17, 15) is 14.0 Å². The normalized spacial score (nSPS) is 10.5. The summed E-state index contributed by atoms with van der Waals surface area (Å²) < 4.78 is 35.3. The lowest BCUT2D eigenvalue weighted by Crippen LogP contribution is -2.27. The number of anilines is 5. The van der Waals surface area contributed by atoms with Crippen LogP contribution in [0.25, 0.3) is 0 Å². The number of amides is 2. The first kappa shape index (κ1) is 42.2. The molecule has 0 saturated carbocycles. The van der Waals surface area contributed by atoms with E-state index in [4.69, 9.17) is 24.7 Å². The van der Waals surface area contributed by atoms with Gasteiger partial charge in [-0.15, -0.1) is 0 Å². The van der Waals surface area contributed by atoms with Crippen LogP contribution in [0.15, 0.2) is 78.9 Å². The highest BCUT2D eigenvalue weighted by atomic mass is 19.1. The highest BCUT2D eigenvalue weighted by molar-refractivity contribution is 5.94. The molecule has 286 valence electrons. The van der Waals surface area contributed by atoms with Gasteiger partial charge in [-0.2, -0.15) is 15.0 Å². The molecule has 1 aromatic heterocycles. The summed E-state index contributed by atoms with van der Waals surface area (Å²) in [5.74, 6) is -0.0178. The lowest BCUT2D eigenvalue weighted by molar-refractivity contribution is 0.0511. The van der Waals surface area contributed by atoms with Gasteiger partial charge in [0.1, 0.15) is 5.82 Å². The molecule has 0 bridgehead atoms. The first-order valence-corrected chi connectivity index (χ1v) is 17.5. The zero-order valence-electron chi connectivity index (χ0n) is 30.2. The number of rotatable bonds is 24. The Morgan fingerprint density at radius 1 is 0.566 bits per heavy atom. The van der Waals surface area contributed by atoms with E-state index in [0.29, 0.717) is 102 Å². The van der Waals surface area contributed by atoms with Crippen LogP contribution in [0.4, 0.5) is 33.6 Å². The summed E-state index contributed by atoms with van der Waals surface area (Å²) in [7, 11) is 0. The summed E-state index contributed by atoms with van der Waals surface area (Å²) in [6, 6.07) is 21.6. The standard InChI is InChI=1S/C35H44FN9O6.C2H6/c36-28-8-12-30(13-9-28)42-35-44-33(40-17-21-51-25-24-50-19-15-38-31(46)26-4-2-1-3-5-26)43-34(45-35)41-29-10-6-27(7-11-29)32(47)39-16-20-49-23-22-48-18-14-37;1-2/h1-13H,14-25,37H2,(H,38,46)(H,39,47)(H3,40,41,42,43,44,45);1-2H3. The molecular weight excluding hydrogens is 685 g/mol. The van der Waals surface area contributed by atoms with Crippen molar-refractivity contribution in [2.45, 2.75) is 13.8 Å². The Bertz CT molecular complexity index is 1600. The van der Waals surface area contributed by atoms with E-state index in [2.05, 4.69) is 41.5 Å². The molecule has 0 unspecified atom stereocenters. The third-order valence-electron chi connectivity index (χ3n) is 6.77. The molecule has 15 nitrogen and oxygen atoms in total. The van der Waals surface area contributed by atoms with Crippen molar-refractivity contribution in [3.05, 3.63) is 95.8 Å². The number of aromatic nitrogens is 3. The van der Waals surface area contributed by atoms with Crippen molar-refractivity contribution in [2.24, 2.45) is 5.73 Å². The maximum Gasteiger partial charge on any atom is 0.251 e. The van der Waals surface area contributed by atoms with Crippen molar-refractivity contribution in [3.8, 4) is 0 Å². The van der Waals surface area contributed by atoms with E-state index in [1.54, 1.807) is 48.5 Å². The number of carbonyl (C=O) groups excluding carboxylic acids is 2. The largest absolute Gasteiger partial charge is 0.378 e. The molecule has 7 N–H and O–H groups in total. The SMILES string of the molecule is CC.NCCOCCOCCNC(=O)c1ccc(Nc2nc(NCCOCCOCCNC(=O)c3ccccc3)nc(Nc3ccc(F)cc3)n2)cc1. The number of halogens is 1. The fraction of sp³-hybridized carbons (Fsp3) is 0.378. The molecule has 16 heteroatoms. The monoisotopic (exact) mass is 735 g/mol. The van der Waals surface area contributed by atoms with Gasteiger partial charge < -0.3 is 51.3 Å². The van der Waals surface area contributed by atoms with Gasteiger partial charge in [0.05, 0.1) is 52.9 Å². The van der Waals surface area contributed by atoms with E-state index < -0.39 is 0 Å². The highest BCUT2D eigenvalue weighted by Crippen LogP contribution is 2.19. The van der Waals surface area contributed by atoms with Crippen LogP contribution >= 0.6 is 0 Å². The predicted molar refractivity (Wildman–Crippen MR) is 203 cm³/mol. The van der Waals surface area contributed by atoms with Crippen LogP contribution in [0, 0.1) is 5.82 Å². The van der Waals surface area contributed by atoms with Gasteiger partial charge >= 0.3 is 0 Å². The predicted octanol–water partition coefficient (Wildman–Crippen LogP) is 4.12. The zero-order valence-corrected chi connectivity index (χ0v) is 30.2. The molecule has 4 aromatic rings. The summed E-state index contributed by atoms with van der Waals surface area (Å²) in [6.07, 6.45) is 0. The fourth-order valence-electron chi connectivity index (χ4n) is 4.29. The molecule has 0 aliphatic rings. The first-order chi connectivity index (χ1) is 26.0. The number of nitrogens with two attached hydrogens (primary N) is 1. The van der Waals surface area contributed by atoms with E-state index in [1.165, 1.54) is 12.1 Å². The summed E-state index contributed by atoms with van der Waals surface area (Å²) in [6.45, 7) is 8.77. The van der Waals surface area contributed by atoms with Crippen LogP contribution in [0.1, 0.15) is 34.6 Å². The van der Waals surface area contributed by atoms with Crippen LogP contribution in [-0.2, 0) is 18.9 Å². The number of ether oxygens (including phenoxy) is 4. The summed E-state index contributed by atoms with van der Waals surface area (Å²) in [5.41, 5.74) is 7.67. The van der Waals surface area contributed by atoms with Crippen LogP contribution in [0.5, 0.6) is 0 Å². The molecule has 4 rings (SSSR count). The van der Waals surface area contributed by atoms with Crippen molar-refractivity contribution in [1.29, 1.82) is 0 Å². The Labute approximate surface area is 309 Å². The molecule has 0 fully saturated rings. The number of nitrogens with zero attached hydrogens (tertiary/aromatic N) is 3. The molecule has 1 heterocycles. The van der Waals surface area contributed by atoms with Crippen molar-refractivity contribution in [1.82, 2.24) is 25.6 Å². The molecule has 0 saturated heterocycles. The summed E-state index contributed by atoms with van der Waals surface area (Å²) in [5, 5.41) is 14.9. The minimum Gasteiger partial charge on any atom is -0.378 e. The third kappa shape index (κ3) is 17.2. The summed E-state index contributed by atoms with van der Waals surface area (Å²) in [4.78, 5) is 37.9. The van der Waals surface area contributed by atoms with Crippen molar-refractivity contribution in [2.75, 3.05) is 95.0 Å². The van der Waals surface area contributed by atoms with Gasteiger partial charge in [0.2, 0.25) is 17.8 Å². The lowest BCUT2D eigenvalue weighted by atomic mass is 10.2. The Kier molecular flexibility index (Phi) is 20.4. The minimum absolute atomic E-state index is 0.147. The number of benzene rings is 3. The van der Waals surface area contributed by atoms with Gasteiger partial charge in [-0.1, -0.05) is 32.0 Å². The van der Waals surface area contributed by atoms with Crippen molar-refractivity contribution >= 4 is 41.0 Å². The van der Waals surface area contributed by atoms with Crippen LogP contribution in [0.2, 0.25) is 0 Å². The Morgan fingerprint density at radius 3 is 1.51 bits per heavy atom. The average Bonchev–Trinajstić information content (AvgIpc) is 3.18. The number of carbonyl (C=O) groups is 2.